The molecule has 0 radical (unpaired) electrons. The maximum absolute atomic E-state index is 13.0. The van der Waals surface area contributed by atoms with Crippen LogP contribution in [0.15, 0.2) is 21.7 Å². The number of carbonyl (C=O) groups excluding carboxylic acids is 1. The standard InChI is InChI=1S/C18H22N4O3/c1-9(2)22-15-10(3)12(7-8-13(15)20(5)18(22)25)16(23)14-11(4)19-21(6)17(14)24/h7-9,19H,1-6H3. The van der Waals surface area contributed by atoms with Crippen LogP contribution in [-0.2, 0) is 14.1 Å². The van der Waals surface area contributed by atoms with Gasteiger partial charge in [0, 0.05) is 31.4 Å². The van der Waals surface area contributed by atoms with Gasteiger partial charge in [0.15, 0.2) is 0 Å². The summed E-state index contributed by atoms with van der Waals surface area (Å²) in [6.45, 7) is 7.39. The molecule has 2 heterocycles. The molecule has 0 saturated heterocycles. The van der Waals surface area contributed by atoms with Crippen LogP contribution in [-0.4, -0.2) is 24.7 Å². The SMILES string of the molecule is Cc1[nH]n(C)c(=O)c1C(=O)c1ccc2c(c1C)n(C(C)C)c(=O)n2C. The van der Waals surface area contributed by atoms with Gasteiger partial charge in [-0.05, 0) is 45.4 Å². The summed E-state index contributed by atoms with van der Waals surface area (Å²) >= 11 is 0. The molecule has 0 saturated carbocycles. The topological polar surface area (TPSA) is 81.8 Å². The highest BCUT2D eigenvalue weighted by molar-refractivity contribution is 6.12. The number of H-pyrrole nitrogens is 1. The van der Waals surface area contributed by atoms with Crippen LogP contribution in [0, 0.1) is 13.8 Å². The first-order valence-electron chi connectivity index (χ1n) is 8.17. The van der Waals surface area contributed by atoms with Crippen LogP contribution in [0.4, 0.5) is 0 Å². The summed E-state index contributed by atoms with van der Waals surface area (Å²) in [5.41, 5.74) is 2.85. The zero-order chi connectivity index (χ0) is 18.6. The molecule has 1 N–H and O–H groups in total. The number of ketones is 1. The first-order chi connectivity index (χ1) is 11.7. The van der Waals surface area contributed by atoms with Crippen LogP contribution < -0.4 is 11.2 Å². The van der Waals surface area contributed by atoms with Crippen molar-refractivity contribution in [2.75, 3.05) is 0 Å². The van der Waals surface area contributed by atoms with Crippen LogP contribution in [0.2, 0.25) is 0 Å². The Hall–Kier alpha value is -2.83. The summed E-state index contributed by atoms with van der Waals surface area (Å²) in [5, 5.41) is 2.85. The number of nitrogens with zero attached hydrogens (tertiary/aromatic N) is 3. The molecule has 0 aliphatic carbocycles. The number of aromatic amines is 1. The molecule has 3 rings (SSSR count). The number of aryl methyl sites for hydroxylation is 4. The summed E-state index contributed by atoms with van der Waals surface area (Å²) in [6.07, 6.45) is 0. The molecule has 0 unspecified atom stereocenters. The van der Waals surface area contributed by atoms with Gasteiger partial charge in [-0.15, -0.1) is 0 Å². The van der Waals surface area contributed by atoms with Crippen molar-refractivity contribution in [3.8, 4) is 0 Å². The molecule has 0 aliphatic heterocycles. The molecule has 25 heavy (non-hydrogen) atoms. The third-order valence-electron chi connectivity index (χ3n) is 4.72. The van der Waals surface area contributed by atoms with Gasteiger partial charge in [0.2, 0.25) is 5.78 Å². The van der Waals surface area contributed by atoms with Crippen LogP contribution in [0.1, 0.15) is 47.1 Å². The zero-order valence-corrected chi connectivity index (χ0v) is 15.3. The van der Waals surface area contributed by atoms with Gasteiger partial charge in [-0.25, -0.2) is 4.79 Å². The molecule has 0 bridgehead atoms. The Kier molecular flexibility index (Phi) is 3.82. The van der Waals surface area contributed by atoms with Crippen LogP contribution in [0.5, 0.6) is 0 Å². The van der Waals surface area contributed by atoms with Crippen molar-refractivity contribution in [1.29, 1.82) is 0 Å². The van der Waals surface area contributed by atoms with Crippen molar-refractivity contribution >= 4 is 16.8 Å². The fourth-order valence-corrected chi connectivity index (χ4v) is 3.43. The van der Waals surface area contributed by atoms with Gasteiger partial charge >= 0.3 is 5.69 Å². The largest absolute Gasteiger partial charge is 0.329 e. The smallest absolute Gasteiger partial charge is 0.299 e. The van der Waals surface area contributed by atoms with Crippen LogP contribution >= 0.6 is 0 Å². The summed E-state index contributed by atoms with van der Waals surface area (Å²) in [6, 6.07) is 3.42. The number of rotatable bonds is 3. The van der Waals surface area contributed by atoms with E-state index in [0.29, 0.717) is 16.8 Å². The lowest BCUT2D eigenvalue weighted by molar-refractivity contribution is 0.103. The molecule has 2 aromatic heterocycles. The summed E-state index contributed by atoms with van der Waals surface area (Å²) < 4.78 is 4.56. The van der Waals surface area contributed by atoms with E-state index in [2.05, 4.69) is 5.10 Å². The second-order valence-corrected chi connectivity index (χ2v) is 6.72. The lowest BCUT2D eigenvalue weighted by Gasteiger charge is -2.11. The van der Waals surface area contributed by atoms with Crippen molar-refractivity contribution < 1.29 is 4.79 Å². The third-order valence-corrected chi connectivity index (χ3v) is 4.72. The van der Waals surface area contributed by atoms with E-state index in [4.69, 9.17) is 0 Å². The molecular formula is C18H22N4O3. The Balaban J connectivity index is 2.34. The molecule has 7 heteroatoms. The van der Waals surface area contributed by atoms with Crippen molar-refractivity contribution in [2.24, 2.45) is 14.1 Å². The van der Waals surface area contributed by atoms with E-state index in [1.54, 1.807) is 42.3 Å². The summed E-state index contributed by atoms with van der Waals surface area (Å²) in [5.74, 6) is -0.328. The minimum Gasteiger partial charge on any atom is -0.299 e. The highest BCUT2D eigenvalue weighted by atomic mass is 16.2. The van der Waals surface area contributed by atoms with Crippen LogP contribution in [0.3, 0.4) is 0 Å². The molecule has 7 nitrogen and oxygen atoms in total. The highest BCUT2D eigenvalue weighted by Gasteiger charge is 2.24. The lowest BCUT2D eigenvalue weighted by Crippen LogP contribution is -2.24. The molecule has 3 aromatic rings. The average Bonchev–Trinajstić information content (AvgIpc) is 2.94. The monoisotopic (exact) mass is 342 g/mol. The molecule has 0 aliphatic rings. The number of imidazole rings is 1. The van der Waals surface area contributed by atoms with E-state index in [1.807, 2.05) is 20.8 Å². The second-order valence-electron chi connectivity index (χ2n) is 6.72. The Labute approximate surface area is 144 Å². The lowest BCUT2D eigenvalue weighted by atomic mass is 9.98. The van der Waals surface area contributed by atoms with Crippen molar-refractivity contribution in [3.05, 3.63) is 55.4 Å². The normalized spacial score (nSPS) is 11.6. The van der Waals surface area contributed by atoms with Gasteiger partial charge in [0.05, 0.1) is 11.0 Å². The Bertz CT molecular complexity index is 1120. The highest BCUT2D eigenvalue weighted by Crippen LogP contribution is 2.25. The van der Waals surface area contributed by atoms with E-state index in [0.717, 1.165) is 11.0 Å². The van der Waals surface area contributed by atoms with Gasteiger partial charge in [-0.3, -0.25) is 28.5 Å². The molecule has 0 fully saturated rings. The van der Waals surface area contributed by atoms with Gasteiger partial charge in [-0.2, -0.15) is 0 Å². The summed E-state index contributed by atoms with van der Waals surface area (Å²) in [7, 11) is 3.30. The number of nitrogens with one attached hydrogen (secondary N) is 1. The number of fused-ring (bicyclic) bond motifs is 1. The maximum atomic E-state index is 13.0. The first kappa shape index (κ1) is 17.0. The molecule has 0 amide bonds. The maximum Gasteiger partial charge on any atom is 0.329 e. The summed E-state index contributed by atoms with van der Waals surface area (Å²) in [4.78, 5) is 37.8. The Morgan fingerprint density at radius 2 is 1.76 bits per heavy atom. The molecule has 0 spiro atoms. The third kappa shape index (κ3) is 2.30. The Morgan fingerprint density at radius 3 is 2.28 bits per heavy atom. The predicted molar refractivity (Wildman–Crippen MR) is 96.5 cm³/mol. The number of aromatic nitrogens is 4. The molecule has 0 atom stereocenters. The minimum absolute atomic E-state index is 0.0397. The Morgan fingerprint density at radius 1 is 1.12 bits per heavy atom. The van der Waals surface area contributed by atoms with Crippen molar-refractivity contribution in [3.63, 3.8) is 0 Å². The number of benzene rings is 1. The van der Waals surface area contributed by atoms with Crippen LogP contribution in [0.25, 0.3) is 11.0 Å². The van der Waals surface area contributed by atoms with Gasteiger partial charge in [0.1, 0.15) is 5.56 Å². The van der Waals surface area contributed by atoms with Gasteiger partial charge in [-0.1, -0.05) is 0 Å². The average molecular weight is 342 g/mol. The fraction of sp³-hybridized carbons (Fsp3) is 0.389. The first-order valence-corrected chi connectivity index (χ1v) is 8.17. The van der Waals surface area contributed by atoms with E-state index in [1.165, 1.54) is 4.68 Å². The van der Waals surface area contributed by atoms with Crippen molar-refractivity contribution in [1.82, 2.24) is 18.9 Å². The number of hydrogen-bond donors (Lipinski definition) is 1. The van der Waals surface area contributed by atoms with Gasteiger partial charge in [0.25, 0.3) is 5.56 Å². The minimum atomic E-state index is -0.351. The van der Waals surface area contributed by atoms with E-state index in [-0.39, 0.29) is 28.6 Å². The molecular weight excluding hydrogens is 320 g/mol. The number of hydrogen-bond acceptors (Lipinski definition) is 3. The quantitative estimate of drug-likeness (QED) is 0.737. The van der Waals surface area contributed by atoms with Gasteiger partial charge < -0.3 is 0 Å². The van der Waals surface area contributed by atoms with E-state index >= 15 is 0 Å². The second kappa shape index (κ2) is 5.61. The van der Waals surface area contributed by atoms with E-state index < -0.39 is 0 Å². The van der Waals surface area contributed by atoms with Crippen molar-refractivity contribution in [2.45, 2.75) is 33.7 Å². The molecule has 132 valence electrons. The predicted octanol–water partition coefficient (Wildman–Crippen LogP) is 1.80. The number of carbonyl (C=O) groups is 1. The zero-order valence-electron chi connectivity index (χ0n) is 15.3. The van der Waals surface area contributed by atoms with E-state index in [9.17, 15) is 14.4 Å². The fourth-order valence-electron chi connectivity index (χ4n) is 3.43. The molecule has 1 aromatic carbocycles.